The Morgan fingerprint density at radius 1 is 0.600 bits per heavy atom. The van der Waals surface area contributed by atoms with E-state index >= 15 is 0 Å². The third-order valence-electron chi connectivity index (χ3n) is 6.35. The molecule has 0 aromatic heterocycles. The molecule has 2 nitrogen and oxygen atoms in total. The molecule has 0 unspecified atom stereocenters. The van der Waals surface area contributed by atoms with Gasteiger partial charge in [0.1, 0.15) is 0 Å². The summed E-state index contributed by atoms with van der Waals surface area (Å²) in [5.41, 5.74) is 9.45. The molecule has 0 radical (unpaired) electrons. The van der Waals surface area contributed by atoms with Gasteiger partial charge in [-0.2, -0.15) is 0 Å². The third-order valence-corrected chi connectivity index (χ3v) is 6.35. The number of nitrogens with zero attached hydrogens (tertiary/aromatic N) is 2. The zero-order valence-corrected chi connectivity index (χ0v) is 20.3. The Balaban J connectivity index is 1.46. The van der Waals surface area contributed by atoms with Crippen molar-refractivity contribution in [3.8, 4) is 11.1 Å². The number of benzene rings is 4. The monoisotopic (exact) mass is 454 g/mol. The molecule has 5 rings (SSSR count). The van der Waals surface area contributed by atoms with Gasteiger partial charge in [-0.3, -0.25) is 0 Å². The Bertz CT molecular complexity index is 1360. The molecule has 1 aliphatic carbocycles. The zero-order valence-electron chi connectivity index (χ0n) is 20.3. The van der Waals surface area contributed by atoms with Gasteiger partial charge in [0.25, 0.3) is 0 Å². The number of hydrogen-bond donors (Lipinski definition) is 0. The molecule has 0 amide bonds. The fourth-order valence-electron chi connectivity index (χ4n) is 4.36. The molecule has 0 saturated carbocycles. The average Bonchev–Trinajstić information content (AvgIpc) is 3.20. The zero-order chi connectivity index (χ0) is 24.0. The predicted molar refractivity (Wildman–Crippen MR) is 151 cm³/mol. The predicted octanol–water partition coefficient (Wildman–Crippen LogP) is 8.97. The van der Waals surface area contributed by atoms with Crippen LogP contribution in [-0.2, 0) is 0 Å². The second-order valence-corrected chi connectivity index (χ2v) is 8.82. The van der Waals surface area contributed by atoms with Crippen LogP contribution >= 0.6 is 0 Å². The quantitative estimate of drug-likeness (QED) is 0.287. The first-order valence-electron chi connectivity index (χ1n) is 12.1. The summed E-state index contributed by atoms with van der Waals surface area (Å²) < 4.78 is 0. The molecule has 172 valence electrons. The Kier molecular flexibility index (Phi) is 6.63. The molecule has 0 saturated heterocycles. The molecular weight excluding hydrogens is 424 g/mol. The topological polar surface area (TPSA) is 6.48 Å². The van der Waals surface area contributed by atoms with Crippen LogP contribution in [0.25, 0.3) is 11.1 Å². The minimum Gasteiger partial charge on any atom is -0.345 e. The summed E-state index contributed by atoms with van der Waals surface area (Å²) >= 11 is 0. The van der Waals surface area contributed by atoms with E-state index in [4.69, 9.17) is 0 Å². The van der Waals surface area contributed by atoms with E-state index in [1.807, 2.05) is 0 Å². The van der Waals surface area contributed by atoms with E-state index in [9.17, 15) is 0 Å². The van der Waals surface area contributed by atoms with Crippen molar-refractivity contribution in [3.63, 3.8) is 0 Å². The molecule has 0 spiro atoms. The van der Waals surface area contributed by atoms with Crippen LogP contribution < -0.4 is 9.80 Å². The second-order valence-electron chi connectivity index (χ2n) is 8.82. The number of aryl methyl sites for hydroxylation is 1. The maximum Gasteiger partial charge on any atom is 0.0463 e. The molecule has 4 aromatic rings. The smallest absolute Gasteiger partial charge is 0.0463 e. The maximum absolute atomic E-state index is 2.31. The van der Waals surface area contributed by atoms with E-state index in [0.29, 0.717) is 0 Å². The fraction of sp³-hybridized carbons (Fsp3) is 0.0909. The van der Waals surface area contributed by atoms with Crippen LogP contribution in [0.2, 0.25) is 0 Å². The normalized spacial score (nSPS) is 12.7. The highest BCUT2D eigenvalue weighted by molar-refractivity contribution is 5.75. The Morgan fingerprint density at radius 2 is 1.26 bits per heavy atom. The van der Waals surface area contributed by atoms with E-state index in [0.717, 1.165) is 34.9 Å². The van der Waals surface area contributed by atoms with Crippen molar-refractivity contribution < 1.29 is 0 Å². The molecule has 0 bridgehead atoms. The van der Waals surface area contributed by atoms with Gasteiger partial charge in [-0.15, -0.1) is 0 Å². The van der Waals surface area contributed by atoms with Crippen LogP contribution in [0.5, 0.6) is 0 Å². The first kappa shape index (κ1) is 22.5. The van der Waals surface area contributed by atoms with E-state index in [1.54, 1.807) is 0 Å². The molecule has 0 heterocycles. The highest BCUT2D eigenvalue weighted by atomic mass is 15.1. The number of anilines is 4. The first-order chi connectivity index (χ1) is 17.2. The van der Waals surface area contributed by atoms with Gasteiger partial charge in [-0.05, 0) is 85.2 Å². The summed E-state index contributed by atoms with van der Waals surface area (Å²) in [6, 6.07) is 36.7. The van der Waals surface area contributed by atoms with Gasteiger partial charge in [0.05, 0.1) is 0 Å². The van der Waals surface area contributed by atoms with E-state index < -0.39 is 0 Å². The minimum absolute atomic E-state index is 0.952. The van der Waals surface area contributed by atoms with Crippen molar-refractivity contribution in [2.24, 2.45) is 0 Å². The van der Waals surface area contributed by atoms with Gasteiger partial charge in [0.2, 0.25) is 0 Å². The van der Waals surface area contributed by atoms with Crippen LogP contribution in [0.4, 0.5) is 22.7 Å². The van der Waals surface area contributed by atoms with Crippen molar-refractivity contribution in [3.05, 3.63) is 145 Å². The summed E-state index contributed by atoms with van der Waals surface area (Å²) in [6.45, 7) is 2.12. The molecule has 0 aliphatic heterocycles. The molecule has 4 aromatic carbocycles. The van der Waals surface area contributed by atoms with E-state index in [1.165, 1.54) is 16.7 Å². The summed E-state index contributed by atoms with van der Waals surface area (Å²) in [6.07, 6.45) is 11.9. The van der Waals surface area contributed by atoms with Crippen molar-refractivity contribution in [2.45, 2.75) is 13.3 Å². The minimum atomic E-state index is 0.952. The average molecular weight is 455 g/mol. The molecular formula is C33H30N2. The first-order valence-corrected chi connectivity index (χ1v) is 12.1. The molecule has 1 aliphatic rings. The number of allylic oxidation sites excluding steroid dienone is 5. The van der Waals surface area contributed by atoms with Crippen LogP contribution in [0.15, 0.2) is 139 Å². The number of rotatable bonds is 6. The SMILES string of the molecule is Cc1ccc(N(C2=CC=CCC=C2)c2ccc(N(C)c3cccc(-c4ccccc4)c3)cc2)cc1. The molecule has 2 heteroatoms. The molecule has 0 N–H and O–H groups in total. The van der Waals surface area contributed by atoms with Gasteiger partial charge in [0, 0.05) is 35.5 Å². The molecule has 35 heavy (non-hydrogen) atoms. The lowest BCUT2D eigenvalue weighted by atomic mass is 10.0. The lowest BCUT2D eigenvalue weighted by molar-refractivity contribution is 1.18. The highest BCUT2D eigenvalue weighted by Gasteiger charge is 2.14. The summed E-state index contributed by atoms with van der Waals surface area (Å²) in [4.78, 5) is 4.55. The van der Waals surface area contributed by atoms with Crippen LogP contribution in [-0.4, -0.2) is 7.05 Å². The van der Waals surface area contributed by atoms with Crippen molar-refractivity contribution in [2.75, 3.05) is 16.8 Å². The van der Waals surface area contributed by atoms with Crippen LogP contribution in [0.3, 0.4) is 0 Å². The summed E-state index contributed by atoms with van der Waals surface area (Å²) in [5, 5.41) is 0. The Morgan fingerprint density at radius 3 is 2.00 bits per heavy atom. The van der Waals surface area contributed by atoms with Crippen LogP contribution in [0.1, 0.15) is 12.0 Å². The van der Waals surface area contributed by atoms with Crippen molar-refractivity contribution in [1.29, 1.82) is 0 Å². The second kappa shape index (κ2) is 10.3. The van der Waals surface area contributed by atoms with Crippen molar-refractivity contribution in [1.82, 2.24) is 0 Å². The maximum atomic E-state index is 2.31. The standard InChI is InChI=1S/C33H30N2/c1-26-17-19-31(20-18-26)35(30-14-8-3-4-9-15-30)32-23-21-29(22-24-32)34(2)33-16-10-13-28(25-33)27-11-6-5-7-12-27/h3,5-25H,4H2,1-2H3. The van der Waals surface area contributed by atoms with Crippen molar-refractivity contribution >= 4 is 22.7 Å². The lowest BCUT2D eigenvalue weighted by Gasteiger charge is -2.27. The molecule has 0 atom stereocenters. The number of hydrogen-bond acceptors (Lipinski definition) is 2. The van der Waals surface area contributed by atoms with Gasteiger partial charge in [0.15, 0.2) is 0 Å². The Labute approximate surface area is 208 Å². The van der Waals surface area contributed by atoms with Gasteiger partial charge in [-0.25, -0.2) is 0 Å². The largest absolute Gasteiger partial charge is 0.345 e. The Hall–Kier alpha value is -4.30. The van der Waals surface area contributed by atoms with Gasteiger partial charge < -0.3 is 9.80 Å². The summed E-state index contributed by atoms with van der Waals surface area (Å²) in [5.74, 6) is 0. The third kappa shape index (κ3) is 5.12. The lowest BCUT2D eigenvalue weighted by Crippen LogP contribution is -2.15. The van der Waals surface area contributed by atoms with Gasteiger partial charge in [-0.1, -0.05) is 78.4 Å². The van der Waals surface area contributed by atoms with E-state index in [2.05, 4.69) is 157 Å². The van der Waals surface area contributed by atoms with Gasteiger partial charge >= 0.3 is 0 Å². The highest BCUT2D eigenvalue weighted by Crippen LogP contribution is 2.34. The summed E-state index contributed by atoms with van der Waals surface area (Å²) in [7, 11) is 2.12. The van der Waals surface area contributed by atoms with Crippen LogP contribution in [0, 0.1) is 6.92 Å². The fourth-order valence-corrected chi connectivity index (χ4v) is 4.36. The van der Waals surface area contributed by atoms with E-state index in [-0.39, 0.29) is 0 Å². The molecule has 0 fully saturated rings.